The van der Waals surface area contributed by atoms with E-state index in [0.29, 0.717) is 29.2 Å². The van der Waals surface area contributed by atoms with E-state index >= 15 is 0 Å². The molecule has 2 aliphatic heterocycles. The highest BCUT2D eigenvalue weighted by Gasteiger charge is 2.43. The van der Waals surface area contributed by atoms with Gasteiger partial charge in [0.2, 0.25) is 23.6 Å². The number of nitrogens with one attached hydrogen (secondary N) is 5. The maximum Gasteiger partial charge on any atom is 0.259 e. The van der Waals surface area contributed by atoms with Crippen LogP contribution in [0.25, 0.3) is 5.65 Å². The van der Waals surface area contributed by atoms with Gasteiger partial charge in [0.1, 0.15) is 47.7 Å². The molecule has 5 N–H and O–H groups in total. The van der Waals surface area contributed by atoms with Crippen molar-refractivity contribution < 1.29 is 42.9 Å². The Morgan fingerprint density at radius 2 is 1.70 bits per heavy atom. The minimum atomic E-state index is -0.895. The van der Waals surface area contributed by atoms with Gasteiger partial charge in [-0.3, -0.25) is 24.0 Å². The van der Waals surface area contributed by atoms with Crippen LogP contribution in [0.1, 0.15) is 117 Å². The van der Waals surface area contributed by atoms with E-state index in [1.165, 1.54) is 11.8 Å². The van der Waals surface area contributed by atoms with E-state index in [0.717, 1.165) is 52.8 Å². The van der Waals surface area contributed by atoms with Gasteiger partial charge in [-0.05, 0) is 106 Å². The molecule has 3 aromatic carbocycles. The number of carbonyl (C=O) groups excluding carboxylic acids is 5. The summed E-state index contributed by atoms with van der Waals surface area (Å²) >= 11 is 0. The first-order valence-corrected chi connectivity index (χ1v) is 27.0. The van der Waals surface area contributed by atoms with Gasteiger partial charge in [0.25, 0.3) is 5.91 Å². The van der Waals surface area contributed by atoms with Crippen LogP contribution in [-0.2, 0) is 48.0 Å². The Morgan fingerprint density at radius 1 is 0.922 bits per heavy atom. The SMILES string of the molecule is CN[C@H](C)C(=O)N[C@@H](C(=O)N1Cc2cc(OCCOCCOCCC(=O)NCCN3C[C@H](C)Oc4ccc(C)cc4[C@@H](C)Nc4ccn5ncc(c5n4)C3=O)ccc2C[C@@H]1C(=O)N[C@H]1CCCc2ccccc21)C(C)(C)C. The van der Waals surface area contributed by atoms with Gasteiger partial charge in [-0.1, -0.05) is 68.8 Å². The maximum atomic E-state index is 14.7. The fourth-order valence-electron chi connectivity index (χ4n) is 10.1. The van der Waals surface area contributed by atoms with Crippen molar-refractivity contribution in [2.24, 2.45) is 5.41 Å². The van der Waals surface area contributed by atoms with Gasteiger partial charge in [-0.25, -0.2) is 9.50 Å². The number of benzene rings is 3. The number of nitrogens with zero attached hydrogens (tertiary/aromatic N) is 5. The second-order valence-electron chi connectivity index (χ2n) is 21.5. The molecule has 2 bridgehead atoms. The molecule has 5 amide bonds. The van der Waals surface area contributed by atoms with Crippen molar-refractivity contribution in [3.8, 4) is 11.5 Å². The van der Waals surface area contributed by atoms with E-state index in [1.807, 2.05) is 90.1 Å². The standard InChI is InChI=1S/C58H76N10O9/c1-36-16-19-49-45(30-36)38(3)62-50-20-23-68-53(64-50)46(33-61-68)56(72)66(34-37(2)77-49)24-22-60-51(69)21-25-74-26-27-75-28-29-76-43-18-17-41-32-48(55(71)63-47-15-11-13-40-12-9-10-14-44(40)47)67(35-42(41)31-43)57(73)52(58(5,6)7)65-54(70)39(4)59-8/h9-10,12,14,16-20,23,30-31,33,37-39,47-48,52,59H,11,13,15,21-22,24-29,32,34-35H2,1-8H3,(H,60,69)(H,62,64)(H,63,71)(H,65,70)/t37-,38+,39+,47-,48+,52-/m0/s1. The van der Waals surface area contributed by atoms with Crippen LogP contribution in [0.2, 0.25) is 0 Å². The van der Waals surface area contributed by atoms with Crippen LogP contribution in [0.5, 0.6) is 11.5 Å². The summed E-state index contributed by atoms with van der Waals surface area (Å²) in [5.41, 5.74) is 6.32. The second kappa shape index (κ2) is 25.4. The molecule has 0 saturated heterocycles. The highest BCUT2D eigenvalue weighted by atomic mass is 16.5. The molecule has 5 aromatic rings. The summed E-state index contributed by atoms with van der Waals surface area (Å²) < 4.78 is 25.6. The van der Waals surface area contributed by atoms with Crippen LogP contribution < -0.4 is 36.1 Å². The first-order valence-electron chi connectivity index (χ1n) is 27.0. The number of aryl methyl sites for hydroxylation is 2. The van der Waals surface area contributed by atoms with Gasteiger partial charge >= 0.3 is 0 Å². The zero-order valence-electron chi connectivity index (χ0n) is 45.8. The lowest BCUT2D eigenvalue weighted by atomic mass is 9.83. The van der Waals surface area contributed by atoms with Gasteiger partial charge in [0, 0.05) is 44.2 Å². The minimum absolute atomic E-state index is 0.127. The van der Waals surface area contributed by atoms with E-state index in [2.05, 4.69) is 49.9 Å². The highest BCUT2D eigenvalue weighted by molar-refractivity contribution is 6.00. The Labute approximate surface area is 451 Å². The van der Waals surface area contributed by atoms with Crippen molar-refractivity contribution >= 4 is 41.0 Å². The second-order valence-corrected chi connectivity index (χ2v) is 21.5. The van der Waals surface area contributed by atoms with Crippen LogP contribution in [-0.4, -0.2) is 138 Å². The van der Waals surface area contributed by atoms with Crippen molar-refractivity contribution in [3.05, 3.63) is 118 Å². The molecule has 0 unspecified atom stereocenters. The fraction of sp³-hybridized carbons (Fsp3) is 0.500. The smallest absolute Gasteiger partial charge is 0.259 e. The van der Waals surface area contributed by atoms with E-state index in [1.54, 1.807) is 34.5 Å². The zero-order valence-corrected chi connectivity index (χ0v) is 45.8. The number of anilines is 1. The monoisotopic (exact) mass is 1060 g/mol. The van der Waals surface area contributed by atoms with Crippen molar-refractivity contribution in [1.82, 2.24) is 45.7 Å². The van der Waals surface area contributed by atoms with Crippen molar-refractivity contribution in [2.45, 2.75) is 123 Å². The Hall–Kier alpha value is -7.09. The lowest BCUT2D eigenvalue weighted by Gasteiger charge is -2.41. The third-order valence-corrected chi connectivity index (χ3v) is 14.5. The molecule has 0 fully saturated rings. The van der Waals surface area contributed by atoms with E-state index < -0.39 is 23.5 Å². The molecule has 19 heteroatoms. The van der Waals surface area contributed by atoms with Crippen molar-refractivity contribution in [2.75, 3.05) is 65.0 Å². The predicted octanol–water partition coefficient (Wildman–Crippen LogP) is 5.64. The number of fused-ring (bicyclic) bond motifs is 4. The number of carbonyl (C=O) groups is 5. The van der Waals surface area contributed by atoms with Crippen LogP contribution in [0, 0.1) is 12.3 Å². The van der Waals surface area contributed by atoms with Gasteiger partial charge in [-0.2, -0.15) is 5.10 Å². The fourth-order valence-corrected chi connectivity index (χ4v) is 10.1. The molecular weight excluding hydrogens is 981 g/mol. The lowest BCUT2D eigenvalue weighted by molar-refractivity contribution is -0.147. The summed E-state index contributed by atoms with van der Waals surface area (Å²) in [7, 11) is 1.69. The molecule has 0 radical (unpaired) electrons. The molecule has 0 saturated carbocycles. The third-order valence-electron chi connectivity index (χ3n) is 14.5. The van der Waals surface area contributed by atoms with E-state index in [9.17, 15) is 24.0 Å². The largest absolute Gasteiger partial charge is 0.491 e. The minimum Gasteiger partial charge on any atom is -0.491 e. The highest BCUT2D eigenvalue weighted by Crippen LogP contribution is 2.34. The van der Waals surface area contributed by atoms with Crippen molar-refractivity contribution in [1.29, 1.82) is 0 Å². The Kier molecular flexibility index (Phi) is 18.5. The number of aromatic nitrogens is 3. The molecule has 0 spiro atoms. The molecule has 412 valence electrons. The molecule has 19 nitrogen and oxygen atoms in total. The maximum absolute atomic E-state index is 14.7. The van der Waals surface area contributed by atoms with E-state index in [-0.39, 0.29) is 113 Å². The van der Waals surface area contributed by atoms with Gasteiger partial charge in [0.15, 0.2) is 5.65 Å². The van der Waals surface area contributed by atoms with Gasteiger partial charge in [-0.15, -0.1) is 0 Å². The summed E-state index contributed by atoms with van der Waals surface area (Å²) in [6.45, 7) is 15.6. The lowest BCUT2D eigenvalue weighted by Crippen LogP contribution is -2.62. The van der Waals surface area contributed by atoms with Gasteiger partial charge < -0.3 is 55.3 Å². The first-order chi connectivity index (χ1) is 37.0. The van der Waals surface area contributed by atoms with E-state index in [4.69, 9.17) is 23.9 Å². The summed E-state index contributed by atoms with van der Waals surface area (Å²) in [6.07, 6.45) is 6.07. The summed E-state index contributed by atoms with van der Waals surface area (Å²) in [4.78, 5) is 77.3. The predicted molar refractivity (Wildman–Crippen MR) is 292 cm³/mol. The molecule has 8 rings (SSSR count). The van der Waals surface area contributed by atoms with Crippen LogP contribution >= 0.6 is 0 Å². The molecule has 4 heterocycles. The zero-order chi connectivity index (χ0) is 54.8. The van der Waals surface area contributed by atoms with Crippen LogP contribution in [0.3, 0.4) is 0 Å². The molecule has 6 atom stereocenters. The number of hydrogen-bond acceptors (Lipinski definition) is 13. The number of rotatable bonds is 19. The average molecular weight is 1060 g/mol. The Bertz CT molecular complexity index is 2900. The van der Waals surface area contributed by atoms with Gasteiger partial charge in [0.05, 0.1) is 57.3 Å². The molecule has 2 aromatic heterocycles. The average Bonchev–Trinajstić information content (AvgIpc) is 3.83. The first kappa shape index (κ1) is 56.1. The van der Waals surface area contributed by atoms with Crippen molar-refractivity contribution in [3.63, 3.8) is 0 Å². The van der Waals surface area contributed by atoms with Crippen LogP contribution in [0.4, 0.5) is 5.82 Å². The number of amides is 5. The number of likely N-dealkylation sites (N-methyl/N-ethyl adjacent to an activating group) is 1. The molecular formula is C58H76N10O9. The van der Waals surface area contributed by atoms with Crippen LogP contribution in [0.15, 0.2) is 79.1 Å². The topological polar surface area (TPSA) is 219 Å². The molecule has 3 aliphatic rings. The summed E-state index contributed by atoms with van der Waals surface area (Å²) in [6, 6.07) is 19.3. The third kappa shape index (κ3) is 14.1. The summed E-state index contributed by atoms with van der Waals surface area (Å²) in [5.74, 6) is 0.573. The Balaban J connectivity index is 0.796. The normalized spacial score (nSPS) is 19.2. The Morgan fingerprint density at radius 3 is 2.49 bits per heavy atom. The number of ether oxygens (including phenoxy) is 4. The number of hydrogen-bond donors (Lipinski definition) is 5. The summed E-state index contributed by atoms with van der Waals surface area (Å²) in [5, 5.41) is 20.0. The quantitative estimate of drug-likeness (QED) is 0.0634. The molecule has 1 aliphatic carbocycles. The molecule has 77 heavy (non-hydrogen) atoms.